The summed E-state index contributed by atoms with van der Waals surface area (Å²) in [5.41, 5.74) is 2.41. The van der Waals surface area contributed by atoms with Crippen molar-refractivity contribution in [2.45, 2.75) is 6.54 Å². The van der Waals surface area contributed by atoms with Crippen LogP contribution in [0.4, 0.5) is 0 Å². The molecule has 2 aromatic rings. The summed E-state index contributed by atoms with van der Waals surface area (Å²) < 4.78 is 11.5. The van der Waals surface area contributed by atoms with Crippen molar-refractivity contribution < 1.29 is 9.47 Å². The SMILES string of the molecule is CN(C)Cc1c(OCCN2CCOCC2)ccc2cc[nH]c12. The van der Waals surface area contributed by atoms with E-state index in [9.17, 15) is 0 Å². The van der Waals surface area contributed by atoms with Crippen LogP contribution in [0.15, 0.2) is 24.4 Å². The monoisotopic (exact) mass is 303 g/mol. The van der Waals surface area contributed by atoms with Gasteiger partial charge in [0, 0.05) is 37.9 Å². The third-order valence-corrected chi connectivity index (χ3v) is 4.04. The highest BCUT2D eigenvalue weighted by molar-refractivity contribution is 5.84. The Bertz CT molecular complexity index is 603. The normalized spacial score (nSPS) is 16.5. The van der Waals surface area contributed by atoms with Crippen molar-refractivity contribution >= 4 is 10.9 Å². The number of aromatic amines is 1. The van der Waals surface area contributed by atoms with Crippen molar-refractivity contribution in [2.75, 3.05) is 53.6 Å². The molecule has 0 aliphatic carbocycles. The summed E-state index contributed by atoms with van der Waals surface area (Å²) in [5, 5.41) is 1.23. The van der Waals surface area contributed by atoms with E-state index in [-0.39, 0.29) is 0 Å². The van der Waals surface area contributed by atoms with Crippen molar-refractivity contribution in [1.82, 2.24) is 14.8 Å². The lowest BCUT2D eigenvalue weighted by molar-refractivity contribution is 0.0322. The highest BCUT2D eigenvalue weighted by Gasteiger charge is 2.13. The van der Waals surface area contributed by atoms with Gasteiger partial charge in [0.15, 0.2) is 0 Å². The molecule has 0 amide bonds. The van der Waals surface area contributed by atoms with Crippen LogP contribution in [0.25, 0.3) is 10.9 Å². The molecule has 5 nitrogen and oxygen atoms in total. The number of nitrogens with zero attached hydrogens (tertiary/aromatic N) is 2. The third kappa shape index (κ3) is 3.61. The average molecular weight is 303 g/mol. The van der Waals surface area contributed by atoms with Gasteiger partial charge in [0.2, 0.25) is 0 Å². The van der Waals surface area contributed by atoms with Crippen LogP contribution in [0.3, 0.4) is 0 Å². The van der Waals surface area contributed by atoms with Gasteiger partial charge in [0.05, 0.1) is 18.7 Å². The second-order valence-electron chi connectivity index (χ2n) is 6.02. The Balaban J connectivity index is 1.68. The fourth-order valence-electron chi connectivity index (χ4n) is 2.89. The number of fused-ring (bicyclic) bond motifs is 1. The molecule has 0 atom stereocenters. The number of hydrogen-bond donors (Lipinski definition) is 1. The largest absolute Gasteiger partial charge is 0.492 e. The number of nitrogens with one attached hydrogen (secondary N) is 1. The fraction of sp³-hybridized carbons (Fsp3) is 0.529. The number of morpholine rings is 1. The first kappa shape index (κ1) is 15.3. The van der Waals surface area contributed by atoms with Gasteiger partial charge in [-0.1, -0.05) is 0 Å². The first-order valence-electron chi connectivity index (χ1n) is 7.90. The van der Waals surface area contributed by atoms with Crippen molar-refractivity contribution in [3.05, 3.63) is 30.0 Å². The van der Waals surface area contributed by atoms with Gasteiger partial charge in [-0.3, -0.25) is 4.90 Å². The summed E-state index contributed by atoms with van der Waals surface area (Å²) in [5.74, 6) is 0.983. The molecule has 1 N–H and O–H groups in total. The summed E-state index contributed by atoms with van der Waals surface area (Å²) in [7, 11) is 4.17. The number of benzene rings is 1. The molecule has 1 aliphatic rings. The molecular weight excluding hydrogens is 278 g/mol. The smallest absolute Gasteiger partial charge is 0.125 e. The highest BCUT2D eigenvalue weighted by atomic mass is 16.5. The van der Waals surface area contributed by atoms with Gasteiger partial charge < -0.3 is 19.4 Å². The molecule has 1 aliphatic heterocycles. The topological polar surface area (TPSA) is 40.7 Å². The van der Waals surface area contributed by atoms with Crippen molar-refractivity contribution in [3.63, 3.8) is 0 Å². The maximum absolute atomic E-state index is 6.09. The molecule has 1 saturated heterocycles. The van der Waals surface area contributed by atoms with E-state index in [1.54, 1.807) is 0 Å². The Hall–Kier alpha value is -1.56. The van der Waals surface area contributed by atoms with Crippen LogP contribution in [-0.2, 0) is 11.3 Å². The predicted molar refractivity (Wildman–Crippen MR) is 88.4 cm³/mol. The summed E-state index contributed by atoms with van der Waals surface area (Å²) >= 11 is 0. The quantitative estimate of drug-likeness (QED) is 0.885. The Morgan fingerprint density at radius 2 is 2.05 bits per heavy atom. The lowest BCUT2D eigenvalue weighted by Gasteiger charge is -2.26. The van der Waals surface area contributed by atoms with E-state index in [1.807, 2.05) is 6.20 Å². The van der Waals surface area contributed by atoms with E-state index in [4.69, 9.17) is 9.47 Å². The molecule has 0 bridgehead atoms. The molecule has 3 rings (SSSR count). The predicted octanol–water partition coefficient (Wildman–Crippen LogP) is 1.94. The van der Waals surface area contributed by atoms with Gasteiger partial charge >= 0.3 is 0 Å². The van der Waals surface area contributed by atoms with E-state index < -0.39 is 0 Å². The van der Waals surface area contributed by atoms with Crippen LogP contribution in [0.2, 0.25) is 0 Å². The van der Waals surface area contributed by atoms with Crippen LogP contribution in [-0.4, -0.2) is 68.3 Å². The van der Waals surface area contributed by atoms with E-state index >= 15 is 0 Å². The van der Waals surface area contributed by atoms with Crippen molar-refractivity contribution in [3.8, 4) is 5.75 Å². The maximum Gasteiger partial charge on any atom is 0.125 e. The molecule has 1 fully saturated rings. The summed E-state index contributed by atoms with van der Waals surface area (Å²) in [4.78, 5) is 7.90. The lowest BCUT2D eigenvalue weighted by Crippen LogP contribution is -2.38. The first-order chi connectivity index (χ1) is 10.7. The third-order valence-electron chi connectivity index (χ3n) is 4.04. The summed E-state index contributed by atoms with van der Waals surface area (Å²) in [6.45, 7) is 6.21. The fourth-order valence-corrected chi connectivity index (χ4v) is 2.89. The Labute approximate surface area is 131 Å². The van der Waals surface area contributed by atoms with E-state index in [2.05, 4.69) is 47.1 Å². The minimum Gasteiger partial charge on any atom is -0.492 e. The second-order valence-corrected chi connectivity index (χ2v) is 6.02. The molecule has 2 heterocycles. The van der Waals surface area contributed by atoms with Crippen LogP contribution < -0.4 is 4.74 Å². The van der Waals surface area contributed by atoms with E-state index in [0.717, 1.165) is 45.1 Å². The van der Waals surface area contributed by atoms with Gasteiger partial charge in [0.25, 0.3) is 0 Å². The number of hydrogen-bond acceptors (Lipinski definition) is 4. The van der Waals surface area contributed by atoms with Gasteiger partial charge in [0.1, 0.15) is 12.4 Å². The summed E-state index contributed by atoms with van der Waals surface area (Å²) in [6.07, 6.45) is 1.99. The molecule has 0 unspecified atom stereocenters. The number of aromatic nitrogens is 1. The van der Waals surface area contributed by atoms with Crippen molar-refractivity contribution in [1.29, 1.82) is 0 Å². The van der Waals surface area contributed by atoms with E-state index in [0.29, 0.717) is 6.61 Å². The van der Waals surface area contributed by atoms with Gasteiger partial charge in [-0.25, -0.2) is 0 Å². The Morgan fingerprint density at radius 1 is 1.23 bits per heavy atom. The molecule has 120 valence electrons. The van der Waals surface area contributed by atoms with Crippen LogP contribution in [0, 0.1) is 0 Å². The number of rotatable bonds is 6. The van der Waals surface area contributed by atoms with Gasteiger partial charge in [-0.2, -0.15) is 0 Å². The second kappa shape index (κ2) is 7.13. The Morgan fingerprint density at radius 3 is 2.82 bits per heavy atom. The minimum absolute atomic E-state index is 0.715. The van der Waals surface area contributed by atoms with E-state index in [1.165, 1.54) is 16.5 Å². The van der Waals surface area contributed by atoms with Crippen LogP contribution in [0.1, 0.15) is 5.56 Å². The molecule has 0 spiro atoms. The molecular formula is C17H25N3O2. The number of ether oxygens (including phenoxy) is 2. The molecule has 0 radical (unpaired) electrons. The zero-order valence-electron chi connectivity index (χ0n) is 13.5. The summed E-state index contributed by atoms with van der Waals surface area (Å²) in [6, 6.07) is 6.31. The maximum atomic E-state index is 6.09. The van der Waals surface area contributed by atoms with Crippen LogP contribution in [0.5, 0.6) is 5.75 Å². The van der Waals surface area contributed by atoms with Gasteiger partial charge in [-0.05, 0) is 37.7 Å². The standard InChI is InChI=1S/C17H25N3O2/c1-19(2)13-15-16(4-3-14-5-6-18-17(14)15)22-12-9-20-7-10-21-11-8-20/h3-6,18H,7-13H2,1-2H3. The molecule has 0 saturated carbocycles. The molecule has 5 heteroatoms. The molecule has 22 heavy (non-hydrogen) atoms. The zero-order valence-corrected chi connectivity index (χ0v) is 13.5. The lowest BCUT2D eigenvalue weighted by atomic mass is 10.1. The average Bonchev–Trinajstić information content (AvgIpc) is 2.99. The zero-order chi connectivity index (χ0) is 15.4. The highest BCUT2D eigenvalue weighted by Crippen LogP contribution is 2.28. The number of H-pyrrole nitrogens is 1. The first-order valence-corrected chi connectivity index (χ1v) is 7.90. The van der Waals surface area contributed by atoms with Gasteiger partial charge in [-0.15, -0.1) is 0 Å². The molecule has 1 aromatic carbocycles. The van der Waals surface area contributed by atoms with Crippen molar-refractivity contribution in [2.24, 2.45) is 0 Å². The Kier molecular flexibility index (Phi) is 4.97. The molecule has 1 aromatic heterocycles. The van der Waals surface area contributed by atoms with Crippen LogP contribution >= 0.6 is 0 Å². The minimum atomic E-state index is 0.715.